The Balaban J connectivity index is 1.57. The zero-order chi connectivity index (χ0) is 22.9. The summed E-state index contributed by atoms with van der Waals surface area (Å²) in [4.78, 5) is 7.90. The van der Waals surface area contributed by atoms with Crippen LogP contribution in [-0.4, -0.2) is 25.4 Å². The molecule has 2 N–H and O–H groups in total. The van der Waals surface area contributed by atoms with E-state index in [0.717, 1.165) is 18.4 Å². The summed E-state index contributed by atoms with van der Waals surface area (Å²) in [5.74, 6) is -0.767. The second-order valence-electron chi connectivity index (χ2n) is 7.61. The van der Waals surface area contributed by atoms with Gasteiger partial charge in [-0.15, -0.1) is 0 Å². The second kappa shape index (κ2) is 8.79. The first-order chi connectivity index (χ1) is 15.3. The van der Waals surface area contributed by atoms with Crippen molar-refractivity contribution in [2.24, 2.45) is 0 Å². The van der Waals surface area contributed by atoms with E-state index in [1.807, 2.05) is 15.5 Å². The summed E-state index contributed by atoms with van der Waals surface area (Å²) < 4.78 is 62.5. The minimum atomic E-state index is -3.91. The van der Waals surface area contributed by atoms with Crippen LogP contribution in [0.5, 0.6) is 11.5 Å². The van der Waals surface area contributed by atoms with Crippen molar-refractivity contribution >= 4 is 16.0 Å². The normalized spacial score (nSPS) is 13.8. The van der Waals surface area contributed by atoms with E-state index in [1.54, 1.807) is 19.2 Å². The third-order valence-corrected chi connectivity index (χ3v) is 6.35. The first kappa shape index (κ1) is 22.1. The van der Waals surface area contributed by atoms with Crippen molar-refractivity contribution in [3.8, 4) is 11.5 Å². The minimum absolute atomic E-state index is 0.0929. The average molecular weight is 461 g/mol. The molecule has 0 aliphatic heterocycles. The molecule has 1 aliphatic rings. The third kappa shape index (κ3) is 4.86. The molecule has 0 unspecified atom stereocenters. The van der Waals surface area contributed by atoms with Gasteiger partial charge in [-0.3, -0.25) is 9.71 Å². The lowest BCUT2D eigenvalue weighted by Crippen LogP contribution is -2.27. The number of nitrogens with zero attached hydrogens (tertiary/aromatic N) is 2. The predicted octanol–water partition coefficient (Wildman–Crippen LogP) is 4.20. The summed E-state index contributed by atoms with van der Waals surface area (Å²) in [6.07, 6.45) is 6.62. The molecule has 3 aromatic rings. The van der Waals surface area contributed by atoms with E-state index in [2.05, 4.69) is 9.97 Å². The van der Waals surface area contributed by atoms with Gasteiger partial charge >= 0.3 is 0 Å². The lowest BCUT2D eigenvalue weighted by Gasteiger charge is -2.14. The van der Waals surface area contributed by atoms with Gasteiger partial charge in [0.05, 0.1) is 6.20 Å². The van der Waals surface area contributed by atoms with Gasteiger partial charge in [0.15, 0.2) is 23.2 Å². The molecule has 2 aromatic heterocycles. The number of rotatable bonds is 8. The molecular weight excluding hydrogens is 438 g/mol. The van der Waals surface area contributed by atoms with Crippen LogP contribution in [0, 0.1) is 18.6 Å². The Morgan fingerprint density at radius 2 is 1.91 bits per heavy atom. The van der Waals surface area contributed by atoms with E-state index in [9.17, 15) is 17.2 Å². The summed E-state index contributed by atoms with van der Waals surface area (Å²) >= 11 is 0. The van der Waals surface area contributed by atoms with Crippen LogP contribution in [0.15, 0.2) is 42.9 Å². The fraction of sp³-hybridized carbons (Fsp3) is 0.273. The van der Waals surface area contributed by atoms with E-state index < -0.39 is 27.7 Å². The minimum Gasteiger partial charge on any atom is -0.452 e. The first-order valence-corrected chi connectivity index (χ1v) is 11.5. The molecule has 1 aliphatic carbocycles. The van der Waals surface area contributed by atoms with Gasteiger partial charge in [0.25, 0.3) is 10.2 Å². The summed E-state index contributed by atoms with van der Waals surface area (Å²) in [7, 11) is -2.71. The monoisotopic (exact) mass is 460 g/mol. The maximum Gasteiger partial charge on any atom is 0.300 e. The number of ether oxygens (including phenoxy) is 1. The highest BCUT2D eigenvalue weighted by molar-refractivity contribution is 7.90. The lowest BCUT2D eigenvalue weighted by atomic mass is 10.0. The molecule has 1 aromatic carbocycles. The number of nitrogens with one attached hydrogen (secondary N) is 2. The van der Waals surface area contributed by atoms with Gasteiger partial charge in [-0.1, -0.05) is 6.07 Å². The first-order valence-electron chi connectivity index (χ1n) is 10.0. The fourth-order valence-electron chi connectivity index (χ4n) is 3.29. The van der Waals surface area contributed by atoms with E-state index in [4.69, 9.17) is 4.74 Å². The summed E-state index contributed by atoms with van der Waals surface area (Å²) in [5.41, 5.74) is 2.50. The van der Waals surface area contributed by atoms with Crippen molar-refractivity contribution in [2.75, 3.05) is 11.8 Å². The van der Waals surface area contributed by atoms with Crippen LogP contribution >= 0.6 is 0 Å². The molecule has 0 bridgehead atoms. The summed E-state index contributed by atoms with van der Waals surface area (Å²) in [5, 5.41) is 0. The molecule has 7 nitrogen and oxygen atoms in total. The Morgan fingerprint density at radius 1 is 1.12 bits per heavy atom. The highest BCUT2D eigenvalue weighted by Gasteiger charge is 2.24. The number of aromatic nitrogens is 2. The van der Waals surface area contributed by atoms with Crippen LogP contribution in [0.1, 0.15) is 41.0 Å². The van der Waals surface area contributed by atoms with E-state index >= 15 is 0 Å². The van der Waals surface area contributed by atoms with Gasteiger partial charge in [-0.2, -0.15) is 8.42 Å². The summed E-state index contributed by atoms with van der Waals surface area (Å²) in [6, 6.07) is 6.43. The lowest BCUT2D eigenvalue weighted by molar-refractivity contribution is 0.436. The van der Waals surface area contributed by atoms with E-state index in [1.165, 1.54) is 31.6 Å². The molecule has 168 valence electrons. The highest BCUT2D eigenvalue weighted by atomic mass is 32.2. The quantitative estimate of drug-likeness (QED) is 0.526. The number of anilines is 1. The zero-order valence-electron chi connectivity index (χ0n) is 17.5. The van der Waals surface area contributed by atoms with Crippen molar-refractivity contribution < 1.29 is 21.9 Å². The molecule has 1 fully saturated rings. The molecule has 0 saturated heterocycles. The molecule has 32 heavy (non-hydrogen) atoms. The Labute approximate surface area is 185 Å². The topological polar surface area (TPSA) is 93.2 Å². The maximum absolute atomic E-state index is 14.8. The Morgan fingerprint density at radius 3 is 2.59 bits per heavy atom. The SMILES string of the molecule is CNS(=O)(=O)Nc1nccc(Cc2cncc(Oc3ccc(C4CC4)cc3F)c2C)c1F. The average Bonchev–Trinajstić information content (AvgIpc) is 3.60. The number of pyridine rings is 2. The van der Waals surface area contributed by atoms with Gasteiger partial charge in [-0.25, -0.2) is 18.5 Å². The largest absolute Gasteiger partial charge is 0.452 e. The third-order valence-electron chi connectivity index (χ3n) is 5.35. The smallest absolute Gasteiger partial charge is 0.300 e. The van der Waals surface area contributed by atoms with Crippen LogP contribution in [0.4, 0.5) is 14.6 Å². The van der Waals surface area contributed by atoms with Gasteiger partial charge in [-0.05, 0) is 66.1 Å². The summed E-state index contributed by atoms with van der Waals surface area (Å²) in [6.45, 7) is 1.77. The van der Waals surface area contributed by atoms with Gasteiger partial charge in [0.1, 0.15) is 5.75 Å². The van der Waals surface area contributed by atoms with Crippen molar-refractivity contribution in [3.63, 3.8) is 0 Å². The highest BCUT2D eigenvalue weighted by Crippen LogP contribution is 2.41. The van der Waals surface area contributed by atoms with Crippen LogP contribution in [0.3, 0.4) is 0 Å². The van der Waals surface area contributed by atoms with E-state index in [-0.39, 0.29) is 17.7 Å². The van der Waals surface area contributed by atoms with Gasteiger partial charge < -0.3 is 4.74 Å². The Kier molecular flexibility index (Phi) is 6.07. The molecule has 2 heterocycles. The van der Waals surface area contributed by atoms with Crippen LogP contribution in [0.25, 0.3) is 0 Å². The predicted molar refractivity (Wildman–Crippen MR) is 116 cm³/mol. The van der Waals surface area contributed by atoms with Crippen molar-refractivity contribution in [2.45, 2.75) is 32.1 Å². The van der Waals surface area contributed by atoms with Gasteiger partial charge in [0, 0.05) is 25.9 Å². The number of hydrogen-bond donors (Lipinski definition) is 2. The van der Waals surface area contributed by atoms with Crippen molar-refractivity contribution in [1.82, 2.24) is 14.7 Å². The molecule has 1 saturated carbocycles. The number of halogens is 2. The molecule has 4 rings (SSSR count). The van der Waals surface area contributed by atoms with Crippen LogP contribution < -0.4 is 14.2 Å². The van der Waals surface area contributed by atoms with E-state index in [0.29, 0.717) is 22.8 Å². The van der Waals surface area contributed by atoms with Crippen LogP contribution in [0.2, 0.25) is 0 Å². The van der Waals surface area contributed by atoms with Gasteiger partial charge in [0.2, 0.25) is 0 Å². The molecule has 10 heteroatoms. The molecule has 0 radical (unpaired) electrons. The van der Waals surface area contributed by atoms with Crippen molar-refractivity contribution in [3.05, 3.63) is 76.7 Å². The standard InChI is InChI=1S/C22H22F2N4O3S/c1-13-17(9-16-7-8-27-22(21(16)24)28-32(29,30)25-2)11-26-12-20(13)31-19-6-5-15(10-18(19)23)14-3-4-14/h5-8,10-12,14,25H,3-4,9H2,1-2H3,(H,27,28). The fourth-order valence-corrected chi connectivity index (χ4v) is 3.79. The number of hydrogen-bond acceptors (Lipinski definition) is 5. The molecule has 0 spiro atoms. The number of benzene rings is 1. The Bertz CT molecular complexity index is 1260. The zero-order valence-corrected chi connectivity index (χ0v) is 18.3. The Hall–Kier alpha value is -3.11. The maximum atomic E-state index is 14.8. The molecule has 0 amide bonds. The second-order valence-corrected chi connectivity index (χ2v) is 9.23. The van der Waals surface area contributed by atoms with Crippen molar-refractivity contribution in [1.29, 1.82) is 0 Å². The van der Waals surface area contributed by atoms with Crippen LogP contribution in [-0.2, 0) is 16.6 Å². The molecule has 0 atom stereocenters. The molecular formula is C22H22F2N4O3S.